The maximum atomic E-state index is 16.4. The highest BCUT2D eigenvalue weighted by atomic mass is 19.1. The fourth-order valence-electron chi connectivity index (χ4n) is 10.1. The number of aromatic nitrogens is 4. The predicted molar refractivity (Wildman–Crippen MR) is 222 cm³/mol. The Morgan fingerprint density at radius 2 is 1.18 bits per heavy atom. The molecule has 60 heavy (non-hydrogen) atoms. The zero-order chi connectivity index (χ0) is 42.4. The van der Waals surface area contributed by atoms with Crippen molar-refractivity contribution in [3.05, 3.63) is 71.3 Å². The lowest BCUT2D eigenvalue weighted by Crippen LogP contribution is -2.51. The van der Waals surface area contributed by atoms with E-state index in [0.29, 0.717) is 59.8 Å². The van der Waals surface area contributed by atoms with Gasteiger partial charge in [-0.05, 0) is 91.4 Å². The average Bonchev–Trinajstić information content (AvgIpc) is 4.09. The third kappa shape index (κ3) is 7.51. The summed E-state index contributed by atoms with van der Waals surface area (Å²) < 4.78 is 26.0. The van der Waals surface area contributed by atoms with E-state index in [2.05, 4.69) is 31.7 Å². The fraction of sp³-hybridized carbons (Fsp3) is 0.511. The Hall–Kier alpha value is -5.73. The highest BCUT2D eigenvalue weighted by molar-refractivity contribution is 5.87. The number of carbonyl (C=O) groups is 4. The van der Waals surface area contributed by atoms with Gasteiger partial charge in [-0.25, -0.2) is 23.9 Å². The molecule has 4 amide bonds. The van der Waals surface area contributed by atoms with Gasteiger partial charge in [0.25, 0.3) is 0 Å². The molecule has 2 saturated heterocycles. The second-order valence-corrected chi connectivity index (χ2v) is 17.3. The van der Waals surface area contributed by atoms with Gasteiger partial charge in [0.1, 0.15) is 29.5 Å². The first-order valence-corrected chi connectivity index (χ1v) is 21.3. The van der Waals surface area contributed by atoms with Crippen LogP contribution in [0, 0.1) is 17.7 Å². The summed E-state index contributed by atoms with van der Waals surface area (Å²) >= 11 is 0. The Kier molecular flexibility index (Phi) is 11.4. The van der Waals surface area contributed by atoms with Gasteiger partial charge in [-0.1, -0.05) is 52.0 Å². The molecule has 2 bridgehead atoms. The number of hydrogen-bond acceptors (Lipinski definition) is 8. The lowest BCUT2D eigenvalue weighted by atomic mass is 9.82. The zero-order valence-corrected chi connectivity index (χ0v) is 35.1. The van der Waals surface area contributed by atoms with Gasteiger partial charge in [-0.2, -0.15) is 0 Å². The standard InChI is InChI=1S/C45H55FN8O6/c1-23(2)38(51-44(57)59-5)42(55)53-17-7-9-34(53)40-47-21-32(49-40)25-13-14-28(31(46)20-25)29-15-16-30(37-27-12-11-26(19-27)36(29)37)33-22-48-41(50-33)35-10-8-18-54(35)43(56)39(24(3)4)52-45(58)60-6/h13-16,20-24,26-27,34-35,38-39H,7-12,17-19H2,1-6H3,(H,47,49)(H,48,50)(H,51,57)(H,52,58)/t26?,27?,34-,35-,38-,39-/m0/s1. The second-order valence-electron chi connectivity index (χ2n) is 17.3. The van der Waals surface area contributed by atoms with Crippen LogP contribution in [0.1, 0.15) is 119 Å². The first kappa shape index (κ1) is 41.0. The number of benzene rings is 2. The van der Waals surface area contributed by atoms with Crippen molar-refractivity contribution in [1.29, 1.82) is 0 Å². The van der Waals surface area contributed by atoms with E-state index in [-0.39, 0.29) is 41.6 Å². The molecule has 3 fully saturated rings. The van der Waals surface area contributed by atoms with E-state index in [1.165, 1.54) is 25.3 Å². The Balaban J connectivity index is 1.03. The molecule has 4 aliphatic rings. The molecule has 0 spiro atoms. The summed E-state index contributed by atoms with van der Waals surface area (Å²) in [6.45, 7) is 8.67. The molecule has 8 rings (SSSR count). The number of nitrogens with one attached hydrogen (secondary N) is 4. The van der Waals surface area contributed by atoms with Crippen molar-refractivity contribution in [2.75, 3.05) is 27.3 Å². The van der Waals surface area contributed by atoms with Crippen LogP contribution in [-0.2, 0) is 19.1 Å². The van der Waals surface area contributed by atoms with Crippen LogP contribution in [0.25, 0.3) is 33.6 Å². The molecule has 2 aromatic heterocycles. The smallest absolute Gasteiger partial charge is 0.407 e. The van der Waals surface area contributed by atoms with Crippen LogP contribution in [0.2, 0.25) is 0 Å². The van der Waals surface area contributed by atoms with Crippen molar-refractivity contribution in [1.82, 2.24) is 40.4 Å². The van der Waals surface area contributed by atoms with E-state index in [1.807, 2.05) is 57.0 Å². The number of hydrogen-bond donors (Lipinski definition) is 4. The Morgan fingerprint density at radius 1 is 0.700 bits per heavy atom. The minimum atomic E-state index is -0.737. The summed E-state index contributed by atoms with van der Waals surface area (Å²) in [4.78, 5) is 71.4. The largest absolute Gasteiger partial charge is 0.453 e. The van der Waals surface area contributed by atoms with Crippen molar-refractivity contribution in [2.45, 2.75) is 109 Å². The maximum Gasteiger partial charge on any atom is 0.407 e. The van der Waals surface area contributed by atoms with E-state index < -0.39 is 24.3 Å². The number of ether oxygens (including phenoxy) is 2. The molecule has 318 valence electrons. The van der Waals surface area contributed by atoms with Gasteiger partial charge in [0.05, 0.1) is 50.1 Å². The Labute approximate surface area is 349 Å². The quantitative estimate of drug-likeness (QED) is 0.119. The number of halogens is 1. The number of imidazole rings is 2. The van der Waals surface area contributed by atoms with Gasteiger partial charge < -0.3 is 39.9 Å². The molecular formula is C45H55FN8O6. The molecule has 4 N–H and O–H groups in total. The number of rotatable bonds is 11. The van der Waals surface area contributed by atoms with E-state index in [0.717, 1.165) is 55.3 Å². The highest BCUT2D eigenvalue weighted by Crippen LogP contribution is 2.58. The first-order chi connectivity index (χ1) is 28.9. The number of amides is 4. The van der Waals surface area contributed by atoms with Gasteiger partial charge >= 0.3 is 12.2 Å². The van der Waals surface area contributed by atoms with Gasteiger partial charge in [0.2, 0.25) is 11.8 Å². The van der Waals surface area contributed by atoms with E-state index >= 15 is 4.39 Å². The van der Waals surface area contributed by atoms with Gasteiger partial charge in [0, 0.05) is 29.8 Å². The van der Waals surface area contributed by atoms with Gasteiger partial charge in [-0.3, -0.25) is 9.59 Å². The molecule has 15 heteroatoms. The topological polar surface area (TPSA) is 175 Å². The number of likely N-dealkylation sites (tertiary alicyclic amines) is 2. The van der Waals surface area contributed by atoms with Gasteiger partial charge in [-0.15, -0.1) is 0 Å². The Morgan fingerprint density at radius 3 is 1.70 bits per heavy atom. The molecule has 4 heterocycles. The minimum Gasteiger partial charge on any atom is -0.453 e. The minimum absolute atomic E-state index is 0.129. The lowest BCUT2D eigenvalue weighted by Gasteiger charge is -2.30. The number of carbonyl (C=O) groups excluding carboxylic acids is 4. The second kappa shape index (κ2) is 16.7. The van der Waals surface area contributed by atoms with Crippen molar-refractivity contribution >= 4 is 24.0 Å². The maximum absolute atomic E-state index is 16.4. The van der Waals surface area contributed by atoms with Crippen molar-refractivity contribution in [2.24, 2.45) is 11.8 Å². The van der Waals surface area contributed by atoms with Gasteiger partial charge in [0.15, 0.2) is 0 Å². The van der Waals surface area contributed by atoms with Crippen molar-refractivity contribution in [3.63, 3.8) is 0 Å². The summed E-state index contributed by atoms with van der Waals surface area (Å²) in [7, 11) is 2.56. The number of methoxy groups -OCH3 is 2. The Bertz CT molecular complexity index is 2290. The molecule has 2 aromatic carbocycles. The molecule has 0 radical (unpaired) electrons. The fourth-order valence-corrected chi connectivity index (χ4v) is 10.1. The van der Waals surface area contributed by atoms with E-state index in [1.54, 1.807) is 17.2 Å². The molecule has 4 aromatic rings. The molecule has 6 atom stereocenters. The molecule has 2 aliphatic heterocycles. The summed E-state index contributed by atoms with van der Waals surface area (Å²) in [6, 6.07) is 7.42. The molecule has 2 aliphatic carbocycles. The third-order valence-corrected chi connectivity index (χ3v) is 13.1. The number of H-pyrrole nitrogens is 2. The number of fused-ring (bicyclic) bond motifs is 5. The monoisotopic (exact) mass is 822 g/mol. The van der Waals surface area contributed by atoms with Crippen LogP contribution >= 0.6 is 0 Å². The summed E-state index contributed by atoms with van der Waals surface area (Å²) in [6.07, 6.45) is 8.51. The molecule has 1 saturated carbocycles. The van der Waals surface area contributed by atoms with Crippen LogP contribution in [0.4, 0.5) is 14.0 Å². The molecular weight excluding hydrogens is 768 g/mol. The molecule has 14 nitrogen and oxygen atoms in total. The number of alkyl carbamates (subject to hydrolysis) is 2. The van der Waals surface area contributed by atoms with Crippen molar-refractivity contribution in [3.8, 4) is 33.6 Å². The van der Waals surface area contributed by atoms with E-state index in [9.17, 15) is 19.2 Å². The molecule has 2 unspecified atom stereocenters. The number of nitrogens with zero attached hydrogens (tertiary/aromatic N) is 4. The summed E-state index contributed by atoms with van der Waals surface area (Å²) in [5.74, 6) is 1.09. The van der Waals surface area contributed by atoms with Crippen molar-refractivity contribution < 1.29 is 33.0 Å². The SMILES string of the molecule is COC(=O)N[C@H](C(=O)N1CCC[C@H]1c1ncc(-c2ccc(-c3ccc(-c4cnc([C@@H]5CCCN5C(=O)[C@@H](NC(=O)OC)C(C)C)[nH]4)c4c3C3CCC4C3)c(F)c2)[nH]1)C(C)C. The normalized spacial score (nSPS) is 21.7. The summed E-state index contributed by atoms with van der Waals surface area (Å²) in [5, 5.41) is 5.39. The average molecular weight is 823 g/mol. The highest BCUT2D eigenvalue weighted by Gasteiger charge is 2.42. The lowest BCUT2D eigenvalue weighted by molar-refractivity contribution is -0.136. The number of aromatic amines is 2. The van der Waals surface area contributed by atoms with Crippen LogP contribution < -0.4 is 10.6 Å². The van der Waals surface area contributed by atoms with Crippen LogP contribution in [-0.4, -0.2) is 93.1 Å². The predicted octanol–water partition coefficient (Wildman–Crippen LogP) is 7.73. The van der Waals surface area contributed by atoms with E-state index in [4.69, 9.17) is 14.5 Å². The van der Waals surface area contributed by atoms with Crippen LogP contribution in [0.15, 0.2) is 42.7 Å². The van der Waals surface area contributed by atoms with Crippen LogP contribution in [0.3, 0.4) is 0 Å². The zero-order valence-electron chi connectivity index (χ0n) is 35.1. The third-order valence-electron chi connectivity index (χ3n) is 13.1. The first-order valence-electron chi connectivity index (χ1n) is 21.3. The van der Waals surface area contributed by atoms with Crippen LogP contribution in [0.5, 0.6) is 0 Å². The summed E-state index contributed by atoms with van der Waals surface area (Å²) in [5.41, 5.74) is 7.14.